The Labute approximate surface area is 163 Å². The molecule has 5 nitrogen and oxygen atoms in total. The lowest BCUT2D eigenvalue weighted by molar-refractivity contribution is -0.118. The first-order valence-corrected chi connectivity index (χ1v) is 10.2. The first-order valence-electron chi connectivity index (χ1n) is 9.45. The molecule has 1 saturated carbocycles. The van der Waals surface area contributed by atoms with Crippen molar-refractivity contribution in [2.75, 3.05) is 11.9 Å². The van der Waals surface area contributed by atoms with Gasteiger partial charge in [-0.15, -0.1) is 0 Å². The molecule has 0 bridgehead atoms. The highest BCUT2D eigenvalue weighted by Crippen LogP contribution is 2.33. The van der Waals surface area contributed by atoms with E-state index < -0.39 is 0 Å². The lowest BCUT2D eigenvalue weighted by Crippen LogP contribution is -2.21. The van der Waals surface area contributed by atoms with Crippen molar-refractivity contribution in [2.24, 2.45) is 0 Å². The molecular formula is C21H23N3O2S. The molecule has 0 unspecified atom stereocenters. The van der Waals surface area contributed by atoms with Crippen molar-refractivity contribution in [3.8, 4) is 5.75 Å². The molecule has 1 heterocycles. The average Bonchev–Trinajstić information content (AvgIpc) is 3.19. The van der Waals surface area contributed by atoms with E-state index in [0.29, 0.717) is 11.6 Å². The van der Waals surface area contributed by atoms with Gasteiger partial charge in [0.1, 0.15) is 16.8 Å². The molecule has 0 aliphatic heterocycles. The molecule has 2 aromatic carbocycles. The van der Waals surface area contributed by atoms with Crippen molar-refractivity contribution in [2.45, 2.75) is 44.9 Å². The summed E-state index contributed by atoms with van der Waals surface area (Å²) in [5.74, 6) is 1.19. The number of hydrogen-bond donors (Lipinski definition) is 1. The lowest BCUT2D eigenvalue weighted by atomic mass is 9.84. The Morgan fingerprint density at radius 1 is 1.11 bits per heavy atom. The largest absolute Gasteiger partial charge is 0.484 e. The van der Waals surface area contributed by atoms with E-state index in [4.69, 9.17) is 4.74 Å². The van der Waals surface area contributed by atoms with Crippen LogP contribution in [-0.4, -0.2) is 21.3 Å². The normalized spacial score (nSPS) is 15.0. The van der Waals surface area contributed by atoms with Crippen LogP contribution < -0.4 is 10.1 Å². The van der Waals surface area contributed by atoms with Crippen LogP contribution >= 0.6 is 11.7 Å². The molecule has 27 heavy (non-hydrogen) atoms. The van der Waals surface area contributed by atoms with Crippen molar-refractivity contribution in [3.05, 3.63) is 47.5 Å². The number of carbonyl (C=O) groups excluding carboxylic acids is 1. The van der Waals surface area contributed by atoms with Crippen LogP contribution in [0.5, 0.6) is 5.75 Å². The highest BCUT2D eigenvalue weighted by Gasteiger charge is 2.16. The Kier molecular flexibility index (Phi) is 5.34. The number of hydrogen-bond acceptors (Lipinski definition) is 5. The highest BCUT2D eigenvalue weighted by atomic mass is 32.1. The zero-order valence-corrected chi connectivity index (χ0v) is 16.2. The van der Waals surface area contributed by atoms with Gasteiger partial charge in [0.25, 0.3) is 5.91 Å². The second-order valence-corrected chi connectivity index (χ2v) is 7.66. The summed E-state index contributed by atoms with van der Waals surface area (Å²) in [7, 11) is 0. The van der Waals surface area contributed by atoms with Gasteiger partial charge in [0, 0.05) is 0 Å². The van der Waals surface area contributed by atoms with Crippen LogP contribution in [0, 0.1) is 6.92 Å². The maximum atomic E-state index is 12.3. The molecule has 0 spiro atoms. The molecule has 1 amide bonds. The second kappa shape index (κ2) is 8.05. The molecule has 4 rings (SSSR count). The summed E-state index contributed by atoms with van der Waals surface area (Å²) in [6.07, 6.45) is 6.56. The molecule has 6 heteroatoms. The number of carbonyl (C=O) groups is 1. The first kappa shape index (κ1) is 17.9. The van der Waals surface area contributed by atoms with E-state index in [1.807, 2.05) is 31.2 Å². The van der Waals surface area contributed by atoms with Crippen molar-refractivity contribution >= 4 is 34.4 Å². The van der Waals surface area contributed by atoms with Gasteiger partial charge in [-0.1, -0.05) is 37.5 Å². The predicted octanol–water partition coefficient (Wildman–Crippen LogP) is 5.06. The first-order chi connectivity index (χ1) is 13.2. The number of aromatic nitrogens is 2. The van der Waals surface area contributed by atoms with Crippen LogP contribution in [0.1, 0.15) is 49.1 Å². The lowest BCUT2D eigenvalue weighted by Gasteiger charge is -2.22. The van der Waals surface area contributed by atoms with Gasteiger partial charge in [0.05, 0.1) is 17.4 Å². The van der Waals surface area contributed by atoms with Crippen LogP contribution in [0.25, 0.3) is 11.0 Å². The van der Waals surface area contributed by atoms with Crippen molar-refractivity contribution in [1.82, 2.24) is 8.75 Å². The zero-order valence-electron chi connectivity index (χ0n) is 15.4. The Bertz CT molecular complexity index is 930. The van der Waals surface area contributed by atoms with Crippen LogP contribution in [0.3, 0.4) is 0 Å². The molecule has 1 aliphatic carbocycles. The van der Waals surface area contributed by atoms with E-state index in [0.717, 1.165) is 34.1 Å². The van der Waals surface area contributed by atoms with E-state index in [2.05, 4.69) is 26.2 Å². The molecule has 0 saturated heterocycles. The standard InChI is InChI=1S/C21H23N3O2S/c1-14-7-12-18-21(24-27-23-18)20(14)22-19(25)13-26-17-10-8-16(9-11-17)15-5-3-2-4-6-15/h7-12,15H,2-6,13H2,1H3,(H,22,25). The minimum absolute atomic E-state index is 0.0316. The number of nitrogens with zero attached hydrogens (tertiary/aromatic N) is 2. The van der Waals surface area contributed by atoms with Crippen LogP contribution in [0.15, 0.2) is 36.4 Å². The molecule has 3 aromatic rings. The number of benzene rings is 2. The minimum Gasteiger partial charge on any atom is -0.484 e. The van der Waals surface area contributed by atoms with Crippen molar-refractivity contribution in [3.63, 3.8) is 0 Å². The van der Waals surface area contributed by atoms with Gasteiger partial charge < -0.3 is 10.1 Å². The molecule has 1 N–H and O–H groups in total. The quantitative estimate of drug-likeness (QED) is 0.670. The fourth-order valence-electron chi connectivity index (χ4n) is 3.71. The van der Waals surface area contributed by atoms with Crippen molar-refractivity contribution in [1.29, 1.82) is 0 Å². The van der Waals surface area contributed by atoms with Gasteiger partial charge in [0.15, 0.2) is 6.61 Å². The van der Waals surface area contributed by atoms with E-state index in [9.17, 15) is 4.79 Å². The molecule has 140 valence electrons. The monoisotopic (exact) mass is 381 g/mol. The van der Waals surface area contributed by atoms with Crippen LogP contribution in [-0.2, 0) is 4.79 Å². The Morgan fingerprint density at radius 3 is 2.67 bits per heavy atom. The molecular weight excluding hydrogens is 358 g/mol. The number of fused-ring (bicyclic) bond motifs is 1. The summed E-state index contributed by atoms with van der Waals surface area (Å²) in [6.45, 7) is 1.91. The molecule has 1 aliphatic rings. The third kappa shape index (κ3) is 4.11. The van der Waals surface area contributed by atoms with Crippen LogP contribution in [0.4, 0.5) is 5.69 Å². The summed E-state index contributed by atoms with van der Waals surface area (Å²) in [5, 5.41) is 2.91. The van der Waals surface area contributed by atoms with Gasteiger partial charge in [-0.3, -0.25) is 4.79 Å². The summed E-state index contributed by atoms with van der Waals surface area (Å²) in [5.41, 5.74) is 4.57. The summed E-state index contributed by atoms with van der Waals surface area (Å²) in [6, 6.07) is 12.0. The second-order valence-electron chi connectivity index (χ2n) is 7.13. The minimum atomic E-state index is -0.199. The third-order valence-corrected chi connectivity index (χ3v) is 5.77. The van der Waals surface area contributed by atoms with Gasteiger partial charge >= 0.3 is 0 Å². The summed E-state index contributed by atoms with van der Waals surface area (Å²) >= 11 is 1.14. The summed E-state index contributed by atoms with van der Waals surface area (Å²) in [4.78, 5) is 12.3. The fourth-order valence-corrected chi connectivity index (χ4v) is 4.25. The number of amides is 1. The number of anilines is 1. The van der Waals surface area contributed by atoms with Gasteiger partial charge in [-0.2, -0.15) is 8.75 Å². The number of rotatable bonds is 5. The topological polar surface area (TPSA) is 64.1 Å². The Morgan fingerprint density at radius 2 is 1.89 bits per heavy atom. The summed E-state index contributed by atoms with van der Waals surface area (Å²) < 4.78 is 14.2. The Balaban J connectivity index is 1.36. The van der Waals surface area contributed by atoms with E-state index in [1.54, 1.807) is 0 Å². The number of aryl methyl sites for hydroxylation is 1. The zero-order chi connectivity index (χ0) is 18.6. The third-order valence-electron chi connectivity index (χ3n) is 5.23. The van der Waals surface area contributed by atoms with Gasteiger partial charge in [0.2, 0.25) is 0 Å². The SMILES string of the molecule is Cc1ccc2nsnc2c1NC(=O)COc1ccc(C2CCCCC2)cc1. The van der Waals surface area contributed by atoms with Crippen molar-refractivity contribution < 1.29 is 9.53 Å². The molecule has 0 atom stereocenters. The number of ether oxygens (including phenoxy) is 1. The predicted molar refractivity (Wildman–Crippen MR) is 109 cm³/mol. The fraction of sp³-hybridized carbons (Fsp3) is 0.381. The average molecular weight is 382 g/mol. The van der Waals surface area contributed by atoms with Gasteiger partial charge in [-0.25, -0.2) is 0 Å². The van der Waals surface area contributed by atoms with E-state index >= 15 is 0 Å². The van der Waals surface area contributed by atoms with E-state index in [-0.39, 0.29) is 12.5 Å². The Hall–Kier alpha value is -2.47. The number of nitrogens with one attached hydrogen (secondary N) is 1. The molecule has 1 aromatic heterocycles. The van der Waals surface area contributed by atoms with Gasteiger partial charge in [-0.05, 0) is 55.0 Å². The maximum Gasteiger partial charge on any atom is 0.262 e. The maximum absolute atomic E-state index is 12.3. The molecule has 1 fully saturated rings. The van der Waals surface area contributed by atoms with E-state index in [1.165, 1.54) is 37.7 Å². The molecule has 0 radical (unpaired) electrons. The smallest absolute Gasteiger partial charge is 0.262 e. The highest BCUT2D eigenvalue weighted by molar-refractivity contribution is 7.00. The van der Waals surface area contributed by atoms with Crippen LogP contribution in [0.2, 0.25) is 0 Å².